The minimum atomic E-state index is -0.993. The van der Waals surface area contributed by atoms with Crippen molar-refractivity contribution in [2.45, 2.75) is 109 Å². The third-order valence-corrected chi connectivity index (χ3v) is 5.15. The molecule has 0 rings (SSSR count). The SMILES string of the molecule is CCCCCCCCC=CCCCCCC(O)CC(=O)OC(CC(=O)O)C[N+](C)(C)C. The summed E-state index contributed by atoms with van der Waals surface area (Å²) in [7, 11) is 5.75. The summed E-state index contributed by atoms with van der Waals surface area (Å²) in [6, 6.07) is 0. The number of hydrogen-bond acceptors (Lipinski definition) is 4. The molecule has 6 heteroatoms. The normalized spacial score (nSPS) is 14.0. The second-order valence-electron chi connectivity index (χ2n) is 9.71. The van der Waals surface area contributed by atoms with Crippen molar-refractivity contribution in [3.63, 3.8) is 0 Å². The van der Waals surface area contributed by atoms with Crippen LogP contribution in [0.15, 0.2) is 12.2 Å². The standard InChI is InChI=1S/C25H47NO5/c1-5-6-7-8-9-10-11-12-13-14-15-16-17-18-22(27)19-25(30)31-23(20-24(28)29)21-26(2,3)4/h12-13,22-23,27H,5-11,14-21H2,1-4H3/p+1. The maximum Gasteiger partial charge on any atom is 0.308 e. The average molecular weight is 443 g/mol. The van der Waals surface area contributed by atoms with Gasteiger partial charge in [0.1, 0.15) is 6.54 Å². The highest BCUT2D eigenvalue weighted by atomic mass is 16.5. The van der Waals surface area contributed by atoms with E-state index >= 15 is 0 Å². The number of nitrogens with zero attached hydrogens (tertiary/aromatic N) is 1. The summed E-state index contributed by atoms with van der Waals surface area (Å²) in [4.78, 5) is 23.1. The maximum absolute atomic E-state index is 12.1. The van der Waals surface area contributed by atoms with E-state index in [1.165, 1.54) is 44.9 Å². The Bertz CT molecular complexity index is 499. The molecule has 0 amide bonds. The van der Waals surface area contributed by atoms with Crippen molar-refractivity contribution < 1.29 is 29.0 Å². The first kappa shape index (κ1) is 29.6. The van der Waals surface area contributed by atoms with Crippen LogP contribution in [-0.4, -0.2) is 66.5 Å². The molecule has 0 saturated heterocycles. The number of carboxylic acid groups (broad SMARTS) is 1. The van der Waals surface area contributed by atoms with Crippen LogP contribution in [-0.2, 0) is 14.3 Å². The van der Waals surface area contributed by atoms with Gasteiger partial charge in [-0.3, -0.25) is 9.59 Å². The van der Waals surface area contributed by atoms with Crippen molar-refractivity contribution in [3.05, 3.63) is 12.2 Å². The van der Waals surface area contributed by atoms with Crippen LogP contribution in [0.4, 0.5) is 0 Å². The third-order valence-electron chi connectivity index (χ3n) is 5.15. The van der Waals surface area contributed by atoms with Crippen molar-refractivity contribution in [3.8, 4) is 0 Å². The summed E-state index contributed by atoms with van der Waals surface area (Å²) in [6.07, 6.45) is 16.6. The second-order valence-corrected chi connectivity index (χ2v) is 9.71. The van der Waals surface area contributed by atoms with E-state index in [0.717, 1.165) is 25.7 Å². The Morgan fingerprint density at radius 2 is 1.42 bits per heavy atom. The van der Waals surface area contributed by atoms with Gasteiger partial charge < -0.3 is 19.4 Å². The van der Waals surface area contributed by atoms with Gasteiger partial charge in [-0.1, -0.05) is 64.0 Å². The number of carboxylic acids is 1. The molecular formula is C25H48NO5+. The number of esters is 1. The van der Waals surface area contributed by atoms with Gasteiger partial charge in [-0.2, -0.15) is 0 Å². The van der Waals surface area contributed by atoms with E-state index in [4.69, 9.17) is 9.84 Å². The zero-order valence-corrected chi connectivity index (χ0v) is 20.5. The highest BCUT2D eigenvalue weighted by Gasteiger charge is 2.25. The first-order valence-corrected chi connectivity index (χ1v) is 12.2. The molecule has 0 fully saturated rings. The number of aliphatic carboxylic acids is 1. The van der Waals surface area contributed by atoms with Crippen LogP contribution in [0.5, 0.6) is 0 Å². The molecule has 0 aromatic rings. The van der Waals surface area contributed by atoms with Gasteiger partial charge >= 0.3 is 11.9 Å². The van der Waals surface area contributed by atoms with Gasteiger partial charge in [0.2, 0.25) is 0 Å². The second kappa shape index (κ2) is 18.2. The average Bonchev–Trinajstić information content (AvgIpc) is 2.63. The molecule has 0 bridgehead atoms. The number of hydrogen-bond donors (Lipinski definition) is 2. The number of rotatable bonds is 20. The molecule has 0 radical (unpaired) electrons. The number of carbonyl (C=O) groups is 2. The fraction of sp³-hybridized carbons (Fsp3) is 0.840. The van der Waals surface area contributed by atoms with Crippen LogP contribution in [0.2, 0.25) is 0 Å². The van der Waals surface area contributed by atoms with E-state index in [1.54, 1.807) is 0 Å². The van der Waals surface area contributed by atoms with Crippen LogP contribution >= 0.6 is 0 Å². The van der Waals surface area contributed by atoms with E-state index in [1.807, 2.05) is 21.1 Å². The Hall–Kier alpha value is -1.40. The third kappa shape index (κ3) is 21.6. The molecule has 2 unspecified atom stereocenters. The molecule has 182 valence electrons. The van der Waals surface area contributed by atoms with E-state index in [9.17, 15) is 14.7 Å². The zero-order chi connectivity index (χ0) is 23.5. The number of aliphatic hydroxyl groups is 1. The van der Waals surface area contributed by atoms with Gasteiger partial charge in [-0.15, -0.1) is 0 Å². The molecular weight excluding hydrogens is 394 g/mol. The topological polar surface area (TPSA) is 83.8 Å². The lowest BCUT2D eigenvalue weighted by atomic mass is 10.1. The number of likely N-dealkylation sites (N-methyl/N-ethyl adjacent to an activating group) is 1. The number of ether oxygens (including phenoxy) is 1. The minimum absolute atomic E-state index is 0.0780. The maximum atomic E-state index is 12.1. The van der Waals surface area contributed by atoms with Crippen molar-refractivity contribution in [2.24, 2.45) is 0 Å². The molecule has 0 saturated carbocycles. The molecule has 31 heavy (non-hydrogen) atoms. The molecule has 0 aliphatic heterocycles. The summed E-state index contributed by atoms with van der Waals surface area (Å²) >= 11 is 0. The van der Waals surface area contributed by atoms with Gasteiger partial charge in [0, 0.05) is 0 Å². The Kier molecular flexibility index (Phi) is 17.4. The molecule has 0 aromatic carbocycles. The van der Waals surface area contributed by atoms with Crippen LogP contribution in [0.1, 0.15) is 96.8 Å². The van der Waals surface area contributed by atoms with Crippen molar-refractivity contribution in [2.75, 3.05) is 27.7 Å². The minimum Gasteiger partial charge on any atom is -0.481 e. The van der Waals surface area contributed by atoms with Crippen molar-refractivity contribution in [1.29, 1.82) is 0 Å². The van der Waals surface area contributed by atoms with E-state index in [-0.39, 0.29) is 12.8 Å². The number of unbranched alkanes of at least 4 members (excludes halogenated alkanes) is 9. The summed E-state index contributed by atoms with van der Waals surface area (Å²) < 4.78 is 5.82. The van der Waals surface area contributed by atoms with E-state index < -0.39 is 24.1 Å². The Labute approximate surface area is 190 Å². The largest absolute Gasteiger partial charge is 0.481 e. The summed E-state index contributed by atoms with van der Waals surface area (Å²) in [5.41, 5.74) is 0. The fourth-order valence-electron chi connectivity index (χ4n) is 3.57. The smallest absolute Gasteiger partial charge is 0.308 e. The quantitative estimate of drug-likeness (QED) is 0.119. The predicted octanol–water partition coefficient (Wildman–Crippen LogP) is 5.09. The lowest BCUT2D eigenvalue weighted by molar-refractivity contribution is -0.873. The lowest BCUT2D eigenvalue weighted by Gasteiger charge is -2.28. The molecule has 2 N–H and O–H groups in total. The fourth-order valence-corrected chi connectivity index (χ4v) is 3.57. The summed E-state index contributed by atoms with van der Waals surface area (Å²) in [6.45, 7) is 2.66. The summed E-state index contributed by atoms with van der Waals surface area (Å²) in [5.74, 6) is -1.52. The molecule has 2 atom stereocenters. The highest BCUT2D eigenvalue weighted by Crippen LogP contribution is 2.12. The van der Waals surface area contributed by atoms with E-state index in [0.29, 0.717) is 17.4 Å². The monoisotopic (exact) mass is 442 g/mol. The first-order valence-electron chi connectivity index (χ1n) is 12.2. The van der Waals surface area contributed by atoms with Gasteiger partial charge in [0.05, 0.1) is 40.1 Å². The number of allylic oxidation sites excluding steroid dienone is 2. The molecule has 0 aromatic heterocycles. The van der Waals surface area contributed by atoms with Crippen LogP contribution in [0.3, 0.4) is 0 Å². The van der Waals surface area contributed by atoms with Gasteiger partial charge in [0.25, 0.3) is 0 Å². The lowest BCUT2D eigenvalue weighted by Crippen LogP contribution is -2.44. The molecule has 0 aliphatic carbocycles. The van der Waals surface area contributed by atoms with Crippen molar-refractivity contribution >= 4 is 11.9 Å². The van der Waals surface area contributed by atoms with Crippen LogP contribution in [0, 0.1) is 0 Å². The highest BCUT2D eigenvalue weighted by molar-refractivity contribution is 5.71. The molecule has 0 heterocycles. The Balaban J connectivity index is 3.83. The van der Waals surface area contributed by atoms with Crippen LogP contribution in [0.25, 0.3) is 0 Å². The zero-order valence-electron chi connectivity index (χ0n) is 20.5. The van der Waals surface area contributed by atoms with Gasteiger partial charge in [-0.25, -0.2) is 0 Å². The molecule has 6 nitrogen and oxygen atoms in total. The number of quaternary nitrogens is 1. The van der Waals surface area contributed by atoms with Crippen LogP contribution < -0.4 is 0 Å². The molecule has 0 spiro atoms. The van der Waals surface area contributed by atoms with Crippen molar-refractivity contribution in [1.82, 2.24) is 0 Å². The summed E-state index contributed by atoms with van der Waals surface area (Å²) in [5, 5.41) is 19.1. The number of carbonyl (C=O) groups excluding carboxylic acids is 1. The first-order chi connectivity index (χ1) is 14.6. The Morgan fingerprint density at radius 3 is 1.97 bits per heavy atom. The Morgan fingerprint density at radius 1 is 0.871 bits per heavy atom. The number of aliphatic hydroxyl groups excluding tert-OH is 1. The van der Waals surface area contributed by atoms with Gasteiger partial charge in [-0.05, 0) is 32.1 Å². The van der Waals surface area contributed by atoms with Gasteiger partial charge in [0.15, 0.2) is 6.10 Å². The van der Waals surface area contributed by atoms with E-state index in [2.05, 4.69) is 19.1 Å². The predicted molar refractivity (Wildman–Crippen MR) is 126 cm³/mol. The molecule has 0 aliphatic rings.